The minimum Gasteiger partial charge on any atom is -0.507 e. The lowest BCUT2D eigenvalue weighted by atomic mass is 10.1. The summed E-state index contributed by atoms with van der Waals surface area (Å²) in [6.45, 7) is 1.82. The van der Waals surface area contributed by atoms with Gasteiger partial charge in [-0.3, -0.25) is 10.0 Å². The molecule has 1 aromatic carbocycles. The summed E-state index contributed by atoms with van der Waals surface area (Å²) in [5.41, 5.74) is 2.42. The second-order valence-electron chi connectivity index (χ2n) is 2.56. The Labute approximate surface area is 88.7 Å². The highest BCUT2D eigenvalue weighted by atomic mass is 127. The molecule has 0 aromatic heterocycles. The van der Waals surface area contributed by atoms with Crippen LogP contribution in [0.1, 0.15) is 15.9 Å². The number of hydroxylamine groups is 1. The van der Waals surface area contributed by atoms with Gasteiger partial charge in [0.2, 0.25) is 0 Å². The van der Waals surface area contributed by atoms with Gasteiger partial charge in [0, 0.05) is 3.57 Å². The maximum atomic E-state index is 11.0. The zero-order chi connectivity index (χ0) is 10.0. The van der Waals surface area contributed by atoms with Crippen molar-refractivity contribution in [2.45, 2.75) is 6.92 Å². The molecule has 0 saturated carbocycles. The van der Waals surface area contributed by atoms with E-state index in [9.17, 15) is 9.90 Å². The molecule has 0 spiro atoms. The number of carbonyl (C=O) groups is 1. The highest BCUT2D eigenvalue weighted by molar-refractivity contribution is 14.1. The Hall–Kier alpha value is -0.820. The monoisotopic (exact) mass is 293 g/mol. The van der Waals surface area contributed by atoms with Crippen molar-refractivity contribution < 1.29 is 15.1 Å². The number of hydrogen-bond acceptors (Lipinski definition) is 3. The van der Waals surface area contributed by atoms with Crippen LogP contribution in [-0.4, -0.2) is 16.2 Å². The van der Waals surface area contributed by atoms with Gasteiger partial charge in [0.05, 0.1) is 5.56 Å². The number of phenolic OH excluding ortho intramolecular Hbond substituents is 1. The summed E-state index contributed by atoms with van der Waals surface area (Å²) in [4.78, 5) is 11.0. The summed E-state index contributed by atoms with van der Waals surface area (Å²) < 4.78 is 0.856. The van der Waals surface area contributed by atoms with Crippen LogP contribution >= 0.6 is 22.6 Å². The summed E-state index contributed by atoms with van der Waals surface area (Å²) in [6.07, 6.45) is 0. The fraction of sp³-hybridized carbons (Fsp3) is 0.125. The zero-order valence-corrected chi connectivity index (χ0v) is 8.99. The molecule has 0 saturated heterocycles. The van der Waals surface area contributed by atoms with E-state index in [-0.39, 0.29) is 11.3 Å². The predicted molar refractivity (Wildman–Crippen MR) is 54.8 cm³/mol. The van der Waals surface area contributed by atoms with E-state index in [1.165, 1.54) is 17.6 Å². The Morgan fingerprint density at radius 1 is 1.54 bits per heavy atom. The highest BCUT2D eigenvalue weighted by Crippen LogP contribution is 2.23. The van der Waals surface area contributed by atoms with E-state index in [2.05, 4.69) is 0 Å². The van der Waals surface area contributed by atoms with Crippen LogP contribution in [0.25, 0.3) is 0 Å². The molecule has 3 N–H and O–H groups in total. The first-order valence-corrected chi connectivity index (χ1v) is 4.57. The van der Waals surface area contributed by atoms with Crippen molar-refractivity contribution in [2.24, 2.45) is 0 Å². The molecule has 0 aliphatic carbocycles. The summed E-state index contributed by atoms with van der Waals surface area (Å²) in [5, 5.41) is 17.7. The van der Waals surface area contributed by atoms with Crippen LogP contribution in [0.3, 0.4) is 0 Å². The van der Waals surface area contributed by atoms with Crippen molar-refractivity contribution in [2.75, 3.05) is 0 Å². The molecule has 0 fully saturated rings. The normalized spacial score (nSPS) is 9.77. The first-order chi connectivity index (χ1) is 6.06. The molecule has 0 aliphatic heterocycles. The van der Waals surface area contributed by atoms with Crippen LogP contribution in [0.2, 0.25) is 0 Å². The number of aromatic hydroxyl groups is 1. The van der Waals surface area contributed by atoms with Crippen LogP contribution in [0.15, 0.2) is 12.1 Å². The van der Waals surface area contributed by atoms with Crippen molar-refractivity contribution in [1.29, 1.82) is 0 Å². The number of benzene rings is 1. The number of rotatable bonds is 1. The van der Waals surface area contributed by atoms with E-state index in [1.54, 1.807) is 0 Å². The van der Waals surface area contributed by atoms with Crippen LogP contribution in [0.5, 0.6) is 5.75 Å². The number of carbonyl (C=O) groups excluding carboxylic acids is 1. The average Bonchev–Trinajstić information content (AvgIpc) is 2.10. The smallest absolute Gasteiger partial charge is 0.278 e. The van der Waals surface area contributed by atoms with Gasteiger partial charge in [0.1, 0.15) is 5.75 Å². The topological polar surface area (TPSA) is 69.6 Å². The minimum absolute atomic E-state index is 0.0671. The van der Waals surface area contributed by atoms with Gasteiger partial charge in [0.15, 0.2) is 0 Å². The van der Waals surface area contributed by atoms with E-state index in [0.717, 1.165) is 9.13 Å². The zero-order valence-electron chi connectivity index (χ0n) is 6.84. The fourth-order valence-electron chi connectivity index (χ4n) is 0.908. The molecule has 13 heavy (non-hydrogen) atoms. The van der Waals surface area contributed by atoms with Crippen LogP contribution in [0, 0.1) is 10.5 Å². The van der Waals surface area contributed by atoms with Crippen molar-refractivity contribution in [3.05, 3.63) is 26.8 Å². The molecule has 0 radical (unpaired) electrons. The summed E-state index contributed by atoms with van der Waals surface area (Å²) in [7, 11) is 0. The van der Waals surface area contributed by atoms with Gasteiger partial charge in [-0.15, -0.1) is 0 Å². The van der Waals surface area contributed by atoms with Gasteiger partial charge < -0.3 is 5.11 Å². The third kappa shape index (κ3) is 2.10. The first-order valence-electron chi connectivity index (χ1n) is 3.50. The Morgan fingerprint density at radius 2 is 2.15 bits per heavy atom. The molecule has 0 aliphatic rings. The number of amides is 1. The Morgan fingerprint density at radius 3 is 2.69 bits per heavy atom. The number of phenols is 1. The molecule has 5 heteroatoms. The second-order valence-corrected chi connectivity index (χ2v) is 3.72. The van der Waals surface area contributed by atoms with Crippen molar-refractivity contribution in [3.8, 4) is 5.75 Å². The SMILES string of the molecule is Cc1cc(O)c(C(=O)NO)cc1I. The van der Waals surface area contributed by atoms with Crippen molar-refractivity contribution >= 4 is 28.5 Å². The van der Waals surface area contributed by atoms with Crippen LogP contribution in [0.4, 0.5) is 0 Å². The third-order valence-corrected chi connectivity index (χ3v) is 2.79. The fourth-order valence-corrected chi connectivity index (χ4v) is 1.38. The molecule has 1 aromatic rings. The Balaban J connectivity index is 3.23. The van der Waals surface area contributed by atoms with Crippen molar-refractivity contribution in [3.63, 3.8) is 0 Å². The van der Waals surface area contributed by atoms with Gasteiger partial charge >= 0.3 is 0 Å². The minimum atomic E-state index is -0.713. The standard InChI is InChI=1S/C8H8INO3/c1-4-2-7(11)5(3-6(4)9)8(12)10-13/h2-3,11,13H,1H3,(H,10,12). The van der Waals surface area contributed by atoms with Crippen molar-refractivity contribution in [1.82, 2.24) is 5.48 Å². The molecule has 70 valence electrons. The molecule has 0 heterocycles. The van der Waals surface area contributed by atoms with Gasteiger partial charge in [-0.05, 0) is 47.2 Å². The lowest BCUT2D eigenvalue weighted by Crippen LogP contribution is -2.18. The molecule has 1 rings (SSSR count). The molecule has 1 amide bonds. The predicted octanol–water partition coefficient (Wildman–Crippen LogP) is 1.42. The third-order valence-electron chi connectivity index (χ3n) is 1.62. The molecule has 0 atom stereocenters. The largest absolute Gasteiger partial charge is 0.507 e. The molecular weight excluding hydrogens is 285 g/mol. The number of nitrogens with one attached hydrogen (secondary N) is 1. The first kappa shape index (κ1) is 10.3. The van der Waals surface area contributed by atoms with Gasteiger partial charge in [-0.25, -0.2) is 5.48 Å². The quantitative estimate of drug-likeness (QED) is 0.417. The molecule has 0 unspecified atom stereocenters. The van der Waals surface area contributed by atoms with E-state index in [1.807, 2.05) is 29.5 Å². The molecule has 4 nitrogen and oxygen atoms in total. The maximum Gasteiger partial charge on any atom is 0.278 e. The summed E-state index contributed by atoms with van der Waals surface area (Å²) in [5.74, 6) is -0.847. The summed E-state index contributed by atoms with van der Waals surface area (Å²) >= 11 is 2.04. The van der Waals surface area contributed by atoms with Gasteiger partial charge in [0.25, 0.3) is 5.91 Å². The van der Waals surface area contributed by atoms with E-state index in [4.69, 9.17) is 5.21 Å². The lowest BCUT2D eigenvalue weighted by molar-refractivity contribution is 0.0703. The Kier molecular flexibility index (Phi) is 3.10. The second kappa shape index (κ2) is 3.93. The maximum absolute atomic E-state index is 11.0. The lowest BCUT2D eigenvalue weighted by Gasteiger charge is -2.05. The van der Waals surface area contributed by atoms with E-state index >= 15 is 0 Å². The highest BCUT2D eigenvalue weighted by Gasteiger charge is 2.11. The Bertz CT molecular complexity index is 351. The number of halogens is 1. The number of aryl methyl sites for hydroxylation is 1. The van der Waals surface area contributed by atoms with Crippen LogP contribution in [-0.2, 0) is 0 Å². The van der Waals surface area contributed by atoms with E-state index in [0.29, 0.717) is 0 Å². The van der Waals surface area contributed by atoms with Crippen LogP contribution < -0.4 is 5.48 Å². The molecular formula is C8H8INO3. The number of hydrogen-bond donors (Lipinski definition) is 3. The van der Waals surface area contributed by atoms with Gasteiger partial charge in [-0.2, -0.15) is 0 Å². The van der Waals surface area contributed by atoms with E-state index < -0.39 is 5.91 Å². The summed E-state index contributed by atoms with van der Waals surface area (Å²) in [6, 6.07) is 2.99. The molecule has 0 bridgehead atoms. The average molecular weight is 293 g/mol. The van der Waals surface area contributed by atoms with Gasteiger partial charge in [-0.1, -0.05) is 0 Å².